The van der Waals surface area contributed by atoms with E-state index in [1.165, 1.54) is 87.2 Å². The van der Waals surface area contributed by atoms with E-state index in [-0.39, 0.29) is 0 Å². The maximum atomic E-state index is 2.43. The van der Waals surface area contributed by atoms with E-state index in [1.807, 2.05) is 0 Å². The molecule has 0 atom stereocenters. The summed E-state index contributed by atoms with van der Waals surface area (Å²) in [6, 6.07) is 49.4. The minimum atomic E-state index is 1.26. The molecule has 0 heteroatoms. The Morgan fingerprint density at radius 1 is 0.300 bits per heavy atom. The van der Waals surface area contributed by atoms with Crippen molar-refractivity contribution in [3.05, 3.63) is 145 Å². The molecule has 0 bridgehead atoms. The molecular weight excluding hydrogens is 480 g/mol. The summed E-state index contributed by atoms with van der Waals surface area (Å²) < 4.78 is 0. The lowest BCUT2D eigenvalue weighted by atomic mass is 9.85. The first-order valence-electron chi connectivity index (χ1n) is 14.0. The van der Waals surface area contributed by atoms with E-state index >= 15 is 0 Å². The third-order valence-electron chi connectivity index (χ3n) is 8.71. The van der Waals surface area contributed by atoms with Crippen molar-refractivity contribution in [1.29, 1.82) is 0 Å². The van der Waals surface area contributed by atoms with Gasteiger partial charge < -0.3 is 0 Å². The highest BCUT2D eigenvalue weighted by Crippen LogP contribution is 2.45. The minimum Gasteiger partial charge on any atom is -0.0620 e. The third-order valence-corrected chi connectivity index (χ3v) is 8.71. The maximum absolute atomic E-state index is 2.43. The van der Waals surface area contributed by atoms with Gasteiger partial charge >= 0.3 is 0 Å². The first-order chi connectivity index (χ1) is 19.7. The Balaban J connectivity index is 1.62. The van der Waals surface area contributed by atoms with Crippen molar-refractivity contribution in [3.63, 3.8) is 0 Å². The Morgan fingerprint density at radius 3 is 1.07 bits per heavy atom. The first-order valence-corrected chi connectivity index (χ1v) is 14.0. The molecule has 188 valence electrons. The van der Waals surface area contributed by atoms with Crippen molar-refractivity contribution >= 4 is 53.9 Å². The van der Waals surface area contributed by atoms with Crippen LogP contribution in [0.5, 0.6) is 0 Å². The van der Waals surface area contributed by atoms with Crippen LogP contribution in [0.15, 0.2) is 133 Å². The fraction of sp³-hybridized carbons (Fsp3) is 0.0500. The molecule has 0 saturated heterocycles. The molecule has 8 aromatic carbocycles. The SMILES string of the molecule is Cc1ccccc1-c1ccc2c3ccccc3c3c4cc(-c5ccccc5C)ccc4c4ccccc4c3c2c1. The van der Waals surface area contributed by atoms with Crippen molar-refractivity contribution in [2.24, 2.45) is 0 Å². The van der Waals surface area contributed by atoms with Crippen molar-refractivity contribution in [2.45, 2.75) is 13.8 Å². The van der Waals surface area contributed by atoms with Gasteiger partial charge in [0.15, 0.2) is 0 Å². The van der Waals surface area contributed by atoms with E-state index in [1.54, 1.807) is 0 Å². The molecule has 8 aromatic rings. The Hall–Kier alpha value is -4.94. The van der Waals surface area contributed by atoms with Crippen LogP contribution in [-0.4, -0.2) is 0 Å². The molecule has 0 fully saturated rings. The van der Waals surface area contributed by atoms with Gasteiger partial charge in [-0.05, 0) is 113 Å². The summed E-state index contributed by atoms with van der Waals surface area (Å²) in [7, 11) is 0. The summed E-state index contributed by atoms with van der Waals surface area (Å²) in [5, 5.41) is 13.2. The second-order valence-electron chi connectivity index (χ2n) is 11.0. The minimum absolute atomic E-state index is 1.26. The van der Waals surface area contributed by atoms with Crippen LogP contribution < -0.4 is 0 Å². The highest BCUT2D eigenvalue weighted by Gasteiger charge is 2.17. The lowest BCUT2D eigenvalue weighted by Gasteiger charge is -2.18. The van der Waals surface area contributed by atoms with E-state index in [4.69, 9.17) is 0 Å². The third kappa shape index (κ3) is 3.33. The molecule has 0 heterocycles. The number of rotatable bonds is 2. The molecule has 0 unspecified atom stereocenters. The second kappa shape index (κ2) is 8.79. The van der Waals surface area contributed by atoms with Gasteiger partial charge in [-0.1, -0.05) is 121 Å². The van der Waals surface area contributed by atoms with Gasteiger partial charge in [-0.3, -0.25) is 0 Å². The number of aryl methyl sites for hydroxylation is 2. The van der Waals surface area contributed by atoms with Crippen molar-refractivity contribution in [3.8, 4) is 22.3 Å². The summed E-state index contributed by atoms with van der Waals surface area (Å²) in [6.07, 6.45) is 0. The van der Waals surface area contributed by atoms with Gasteiger partial charge in [0, 0.05) is 0 Å². The quantitative estimate of drug-likeness (QED) is 0.204. The Labute approximate surface area is 234 Å². The molecule has 0 aliphatic carbocycles. The van der Waals surface area contributed by atoms with Crippen molar-refractivity contribution < 1.29 is 0 Å². The van der Waals surface area contributed by atoms with Crippen molar-refractivity contribution in [2.75, 3.05) is 0 Å². The van der Waals surface area contributed by atoms with Crippen LogP contribution in [-0.2, 0) is 0 Å². The molecule has 0 aromatic heterocycles. The van der Waals surface area contributed by atoms with E-state index in [0.717, 1.165) is 0 Å². The highest BCUT2D eigenvalue weighted by molar-refractivity contribution is 6.39. The summed E-state index contributed by atoms with van der Waals surface area (Å²) in [4.78, 5) is 0. The van der Waals surface area contributed by atoms with Gasteiger partial charge in [-0.2, -0.15) is 0 Å². The predicted octanol–water partition coefficient (Wildman–Crippen LogP) is 11.4. The number of benzene rings is 8. The Bertz CT molecular complexity index is 2120. The van der Waals surface area contributed by atoms with Gasteiger partial charge in [-0.25, -0.2) is 0 Å². The summed E-state index contributed by atoms with van der Waals surface area (Å²) in [5.41, 5.74) is 7.70. The largest absolute Gasteiger partial charge is 0.0620 e. The molecule has 40 heavy (non-hydrogen) atoms. The van der Waals surface area contributed by atoms with Crippen LogP contribution in [0.4, 0.5) is 0 Å². The number of hydrogen-bond acceptors (Lipinski definition) is 0. The molecule has 0 saturated carbocycles. The predicted molar refractivity (Wildman–Crippen MR) is 174 cm³/mol. The van der Waals surface area contributed by atoms with Crippen LogP contribution in [0, 0.1) is 13.8 Å². The van der Waals surface area contributed by atoms with Crippen molar-refractivity contribution in [1.82, 2.24) is 0 Å². The number of hydrogen-bond donors (Lipinski definition) is 0. The smallest absolute Gasteiger partial charge is 0.00137 e. The Kier molecular flexibility index (Phi) is 5.06. The molecule has 0 aliphatic heterocycles. The van der Waals surface area contributed by atoms with E-state index < -0.39 is 0 Å². The van der Waals surface area contributed by atoms with E-state index in [0.29, 0.717) is 0 Å². The monoisotopic (exact) mass is 508 g/mol. The zero-order valence-corrected chi connectivity index (χ0v) is 22.7. The molecule has 0 aliphatic rings. The highest BCUT2D eigenvalue weighted by atomic mass is 14.2. The van der Waals surface area contributed by atoms with Crippen LogP contribution in [0.25, 0.3) is 76.1 Å². The van der Waals surface area contributed by atoms with Crippen LogP contribution in [0.2, 0.25) is 0 Å². The Morgan fingerprint density at radius 2 is 0.650 bits per heavy atom. The van der Waals surface area contributed by atoms with Gasteiger partial charge in [-0.15, -0.1) is 0 Å². The molecule has 0 radical (unpaired) electrons. The summed E-state index contributed by atoms with van der Waals surface area (Å²) in [5.74, 6) is 0. The van der Waals surface area contributed by atoms with Crippen LogP contribution >= 0.6 is 0 Å². The standard InChI is InChI=1S/C40H28/c1-25-11-3-5-13-29(25)27-19-21-33-31-15-7-10-18-36(31)40-38-24-28(30-14-6-4-12-26(30)2)20-22-34(38)32-16-8-9-17-35(32)39(40)37(33)23-27/h3-24H,1-2H3. The van der Waals surface area contributed by atoms with Gasteiger partial charge in [0.2, 0.25) is 0 Å². The maximum Gasteiger partial charge on any atom is -0.00137 e. The molecule has 0 amide bonds. The van der Waals surface area contributed by atoms with Crippen LogP contribution in [0.1, 0.15) is 11.1 Å². The van der Waals surface area contributed by atoms with E-state index in [9.17, 15) is 0 Å². The summed E-state index contributed by atoms with van der Waals surface area (Å²) in [6.45, 7) is 4.40. The number of fused-ring (bicyclic) bond motifs is 11. The lowest BCUT2D eigenvalue weighted by Crippen LogP contribution is -1.90. The fourth-order valence-electron chi connectivity index (χ4n) is 6.80. The average molecular weight is 509 g/mol. The zero-order chi connectivity index (χ0) is 26.8. The summed E-state index contributed by atoms with van der Waals surface area (Å²) >= 11 is 0. The van der Waals surface area contributed by atoms with Gasteiger partial charge in [0.05, 0.1) is 0 Å². The molecule has 0 nitrogen and oxygen atoms in total. The lowest BCUT2D eigenvalue weighted by molar-refractivity contribution is 1.46. The first kappa shape index (κ1) is 23.0. The van der Waals surface area contributed by atoms with Gasteiger partial charge in [0.25, 0.3) is 0 Å². The molecule has 8 rings (SSSR count). The molecular formula is C40H28. The van der Waals surface area contributed by atoms with Crippen LogP contribution in [0.3, 0.4) is 0 Å². The molecule has 0 spiro atoms. The second-order valence-corrected chi connectivity index (χ2v) is 11.0. The van der Waals surface area contributed by atoms with Gasteiger partial charge in [0.1, 0.15) is 0 Å². The fourth-order valence-corrected chi connectivity index (χ4v) is 6.80. The van der Waals surface area contributed by atoms with E-state index in [2.05, 4.69) is 147 Å². The topological polar surface area (TPSA) is 0 Å². The normalized spacial score (nSPS) is 11.8. The zero-order valence-electron chi connectivity index (χ0n) is 22.7. The molecule has 0 N–H and O–H groups in total. The average Bonchev–Trinajstić information content (AvgIpc) is 3.01.